The van der Waals surface area contributed by atoms with Crippen LogP contribution in [0.2, 0.25) is 0 Å². The second-order valence-electron chi connectivity index (χ2n) is 2.92. The maximum absolute atomic E-state index is 11.1. The van der Waals surface area contributed by atoms with Crippen molar-refractivity contribution in [2.45, 2.75) is 6.92 Å². The highest BCUT2D eigenvalue weighted by atomic mass is 16.5. The Kier molecular flexibility index (Phi) is 1.96. The fraction of sp³-hybridized carbons (Fsp3) is 0.200. The van der Waals surface area contributed by atoms with Crippen LogP contribution in [0.25, 0.3) is 10.9 Å². The lowest BCUT2D eigenvalue weighted by Crippen LogP contribution is -1.89. The van der Waals surface area contributed by atoms with Gasteiger partial charge in [0.2, 0.25) is 5.76 Å². The van der Waals surface area contributed by atoms with Crippen molar-refractivity contribution in [3.8, 4) is 5.75 Å². The normalized spacial score (nSPS) is 10.4. The molecular formula is C10H9NO3. The highest BCUT2D eigenvalue weighted by Gasteiger charge is 2.14. The van der Waals surface area contributed by atoms with Crippen LogP contribution >= 0.6 is 0 Å². The van der Waals surface area contributed by atoms with E-state index in [-0.39, 0.29) is 11.5 Å². The molecule has 0 fully saturated rings. The Morgan fingerprint density at radius 1 is 1.50 bits per heavy atom. The molecule has 0 aliphatic carbocycles. The molecule has 4 heteroatoms. The Balaban J connectivity index is 2.75. The monoisotopic (exact) mass is 191 g/mol. The van der Waals surface area contributed by atoms with Gasteiger partial charge in [0, 0.05) is 6.92 Å². The fourth-order valence-electron chi connectivity index (χ4n) is 1.36. The van der Waals surface area contributed by atoms with E-state index in [0.717, 1.165) is 0 Å². The minimum absolute atomic E-state index is 0.138. The summed E-state index contributed by atoms with van der Waals surface area (Å²) in [6.07, 6.45) is 0. The number of fused-ring (bicyclic) bond motifs is 1. The van der Waals surface area contributed by atoms with Crippen molar-refractivity contribution in [3.05, 3.63) is 24.0 Å². The van der Waals surface area contributed by atoms with E-state index in [9.17, 15) is 4.79 Å². The summed E-state index contributed by atoms with van der Waals surface area (Å²) in [4.78, 5) is 11.1. The Morgan fingerprint density at radius 3 is 2.93 bits per heavy atom. The van der Waals surface area contributed by atoms with Crippen LogP contribution in [0.5, 0.6) is 5.75 Å². The average molecular weight is 191 g/mol. The molecule has 0 unspecified atom stereocenters. The SMILES string of the molecule is COc1cccc2c(C(C)=O)onc12. The van der Waals surface area contributed by atoms with Crippen LogP contribution in [0.3, 0.4) is 0 Å². The number of benzene rings is 1. The van der Waals surface area contributed by atoms with Gasteiger partial charge in [0.25, 0.3) is 0 Å². The predicted molar refractivity (Wildman–Crippen MR) is 50.6 cm³/mol. The molecule has 1 aromatic carbocycles. The molecule has 0 saturated carbocycles. The van der Waals surface area contributed by atoms with Crippen molar-refractivity contribution < 1.29 is 14.1 Å². The van der Waals surface area contributed by atoms with Gasteiger partial charge in [-0.2, -0.15) is 0 Å². The Bertz CT molecular complexity index is 487. The minimum Gasteiger partial charge on any atom is -0.494 e. The first-order chi connectivity index (χ1) is 6.74. The number of nitrogens with zero attached hydrogens (tertiary/aromatic N) is 1. The molecule has 0 spiro atoms. The lowest BCUT2D eigenvalue weighted by atomic mass is 10.2. The standard InChI is InChI=1S/C10H9NO3/c1-6(12)10-7-4-3-5-8(13-2)9(7)11-14-10/h3-5H,1-2H3. The smallest absolute Gasteiger partial charge is 0.210 e. The molecule has 0 radical (unpaired) electrons. The van der Waals surface area contributed by atoms with Gasteiger partial charge in [0.1, 0.15) is 5.75 Å². The molecule has 0 saturated heterocycles. The molecule has 2 rings (SSSR count). The number of methoxy groups -OCH3 is 1. The van der Waals surface area contributed by atoms with Gasteiger partial charge in [0.05, 0.1) is 12.5 Å². The van der Waals surface area contributed by atoms with Crippen molar-refractivity contribution in [1.82, 2.24) is 5.16 Å². The minimum atomic E-state index is -0.138. The van der Waals surface area contributed by atoms with Crippen LogP contribution in [0.15, 0.2) is 22.7 Å². The number of carbonyl (C=O) groups excluding carboxylic acids is 1. The van der Waals surface area contributed by atoms with Crippen molar-refractivity contribution in [2.24, 2.45) is 0 Å². The predicted octanol–water partition coefficient (Wildman–Crippen LogP) is 2.04. The molecule has 0 N–H and O–H groups in total. The molecule has 2 aromatic rings. The maximum Gasteiger partial charge on any atom is 0.210 e. The zero-order valence-corrected chi connectivity index (χ0v) is 7.90. The van der Waals surface area contributed by atoms with Crippen LogP contribution in [-0.2, 0) is 0 Å². The van der Waals surface area contributed by atoms with Gasteiger partial charge >= 0.3 is 0 Å². The zero-order valence-electron chi connectivity index (χ0n) is 7.90. The molecule has 0 amide bonds. The summed E-state index contributed by atoms with van der Waals surface area (Å²) in [7, 11) is 1.55. The van der Waals surface area contributed by atoms with Crippen LogP contribution in [-0.4, -0.2) is 18.0 Å². The quantitative estimate of drug-likeness (QED) is 0.681. The summed E-state index contributed by atoms with van der Waals surface area (Å²) in [6, 6.07) is 5.35. The third-order valence-corrected chi connectivity index (χ3v) is 2.01. The first-order valence-electron chi connectivity index (χ1n) is 4.17. The van der Waals surface area contributed by atoms with Gasteiger partial charge in [-0.3, -0.25) is 4.79 Å². The fourth-order valence-corrected chi connectivity index (χ4v) is 1.36. The summed E-state index contributed by atoms with van der Waals surface area (Å²) in [5.41, 5.74) is 0.584. The zero-order chi connectivity index (χ0) is 10.1. The third-order valence-electron chi connectivity index (χ3n) is 2.01. The van der Waals surface area contributed by atoms with Gasteiger partial charge in [0.15, 0.2) is 11.3 Å². The van der Waals surface area contributed by atoms with Crippen molar-refractivity contribution in [3.63, 3.8) is 0 Å². The number of ether oxygens (including phenoxy) is 1. The number of ketones is 1. The van der Waals surface area contributed by atoms with Crippen LogP contribution in [0, 0.1) is 0 Å². The van der Waals surface area contributed by atoms with Crippen LogP contribution < -0.4 is 4.74 Å². The first-order valence-corrected chi connectivity index (χ1v) is 4.17. The molecule has 1 aromatic heterocycles. The van der Waals surface area contributed by atoms with Crippen LogP contribution in [0.4, 0.5) is 0 Å². The van der Waals surface area contributed by atoms with E-state index in [4.69, 9.17) is 9.26 Å². The number of hydrogen-bond donors (Lipinski definition) is 0. The molecule has 4 nitrogen and oxygen atoms in total. The van der Waals surface area contributed by atoms with E-state index in [2.05, 4.69) is 5.16 Å². The summed E-state index contributed by atoms with van der Waals surface area (Å²) in [5.74, 6) is 0.749. The highest BCUT2D eigenvalue weighted by molar-refractivity contribution is 6.04. The molecule has 1 heterocycles. The molecule has 0 aliphatic heterocycles. The van der Waals surface area contributed by atoms with E-state index in [0.29, 0.717) is 16.7 Å². The second kappa shape index (κ2) is 3.14. The Morgan fingerprint density at radius 2 is 2.29 bits per heavy atom. The Hall–Kier alpha value is -1.84. The number of hydrogen-bond acceptors (Lipinski definition) is 4. The summed E-state index contributed by atoms with van der Waals surface area (Å²) in [6.45, 7) is 1.44. The number of carbonyl (C=O) groups is 1. The van der Waals surface area contributed by atoms with E-state index in [1.54, 1.807) is 25.3 Å². The van der Waals surface area contributed by atoms with Crippen molar-refractivity contribution >= 4 is 16.7 Å². The topological polar surface area (TPSA) is 52.3 Å². The Labute approximate surface area is 80.4 Å². The summed E-state index contributed by atoms with van der Waals surface area (Å²) < 4.78 is 10.0. The summed E-state index contributed by atoms with van der Waals surface area (Å²) >= 11 is 0. The first kappa shape index (κ1) is 8.74. The van der Waals surface area contributed by atoms with Gasteiger partial charge in [-0.1, -0.05) is 11.2 Å². The number of rotatable bonds is 2. The van der Waals surface area contributed by atoms with Crippen LogP contribution in [0.1, 0.15) is 17.5 Å². The van der Waals surface area contributed by atoms with Gasteiger partial charge in [-0.25, -0.2) is 0 Å². The number of Topliss-reactive ketones (excluding diaryl/α,β-unsaturated/α-hetero) is 1. The number of aromatic nitrogens is 1. The lowest BCUT2D eigenvalue weighted by molar-refractivity contribution is 0.0981. The molecule has 0 atom stereocenters. The molecule has 14 heavy (non-hydrogen) atoms. The average Bonchev–Trinajstić information content (AvgIpc) is 2.60. The largest absolute Gasteiger partial charge is 0.494 e. The summed E-state index contributed by atoms with van der Waals surface area (Å²) in [5, 5.41) is 4.48. The van der Waals surface area contributed by atoms with E-state index >= 15 is 0 Å². The third kappa shape index (κ3) is 1.16. The lowest BCUT2D eigenvalue weighted by Gasteiger charge is -1.97. The second-order valence-corrected chi connectivity index (χ2v) is 2.92. The van der Waals surface area contributed by atoms with Gasteiger partial charge in [-0.15, -0.1) is 0 Å². The van der Waals surface area contributed by atoms with E-state index in [1.165, 1.54) is 6.92 Å². The molecular weight excluding hydrogens is 182 g/mol. The highest BCUT2D eigenvalue weighted by Crippen LogP contribution is 2.26. The molecule has 72 valence electrons. The van der Waals surface area contributed by atoms with Gasteiger partial charge < -0.3 is 9.26 Å². The van der Waals surface area contributed by atoms with Crippen molar-refractivity contribution in [2.75, 3.05) is 7.11 Å². The maximum atomic E-state index is 11.1. The van der Waals surface area contributed by atoms with Gasteiger partial charge in [-0.05, 0) is 12.1 Å². The van der Waals surface area contributed by atoms with E-state index < -0.39 is 0 Å². The van der Waals surface area contributed by atoms with Crippen molar-refractivity contribution in [1.29, 1.82) is 0 Å². The van der Waals surface area contributed by atoms with E-state index in [1.807, 2.05) is 0 Å². The molecule has 0 aliphatic rings. The molecule has 0 bridgehead atoms.